The quantitative estimate of drug-likeness (QED) is 0.791. The van der Waals surface area contributed by atoms with Crippen LogP contribution in [0, 0.1) is 0 Å². The zero-order valence-corrected chi connectivity index (χ0v) is 10.2. The molecule has 100 valence electrons. The molecule has 1 heterocycles. The Kier molecular flexibility index (Phi) is 3.00. The zero-order valence-electron chi connectivity index (χ0n) is 10.2. The molecule has 3 rings (SSSR count). The van der Waals surface area contributed by atoms with Gasteiger partial charge in [-0.05, 0) is 18.2 Å². The van der Waals surface area contributed by atoms with Crippen LogP contribution >= 0.6 is 0 Å². The van der Waals surface area contributed by atoms with Crippen LogP contribution in [0.5, 0.6) is 5.75 Å². The van der Waals surface area contributed by atoms with E-state index in [-0.39, 0.29) is 6.10 Å². The van der Waals surface area contributed by atoms with Crippen LogP contribution in [0.3, 0.4) is 0 Å². The number of rotatable bonds is 2. The van der Waals surface area contributed by atoms with Gasteiger partial charge in [-0.2, -0.15) is 0 Å². The van der Waals surface area contributed by atoms with E-state index >= 15 is 0 Å². The van der Waals surface area contributed by atoms with Gasteiger partial charge in [0, 0.05) is 30.4 Å². The second kappa shape index (κ2) is 4.68. The van der Waals surface area contributed by atoms with Crippen LogP contribution in [0.2, 0.25) is 0 Å². The molecule has 1 aliphatic rings. The number of hydrogen-bond acceptors (Lipinski definition) is 5. The van der Waals surface area contributed by atoms with Crippen molar-refractivity contribution in [2.75, 3.05) is 0 Å². The lowest BCUT2D eigenvalue weighted by atomic mass is 10.2. The van der Waals surface area contributed by atoms with Crippen molar-refractivity contribution < 1.29 is 19.4 Å². The van der Waals surface area contributed by atoms with Crippen LogP contribution in [0.25, 0.3) is 11.0 Å². The van der Waals surface area contributed by atoms with Crippen molar-refractivity contribution in [3.05, 3.63) is 40.8 Å². The molecule has 0 saturated heterocycles. The molecule has 5 nitrogen and oxygen atoms in total. The Labute approximate surface area is 109 Å². The average molecular weight is 262 g/mol. The van der Waals surface area contributed by atoms with Crippen molar-refractivity contribution in [3.63, 3.8) is 0 Å². The SMILES string of the molecule is O=c1ccc2ccc(OC3C[C@@H](O)[C@@H](O)C3)cc2o1. The average Bonchev–Trinajstić information content (AvgIpc) is 2.67. The summed E-state index contributed by atoms with van der Waals surface area (Å²) in [6, 6.07) is 8.28. The number of aliphatic hydroxyl groups is 2. The van der Waals surface area contributed by atoms with Gasteiger partial charge in [-0.1, -0.05) is 0 Å². The minimum Gasteiger partial charge on any atom is -0.490 e. The Morgan fingerprint density at radius 3 is 2.53 bits per heavy atom. The minimum absolute atomic E-state index is 0.224. The molecule has 0 radical (unpaired) electrons. The van der Waals surface area contributed by atoms with Crippen molar-refractivity contribution >= 4 is 11.0 Å². The molecule has 1 fully saturated rings. The predicted octanol–water partition coefficient (Wildman–Crippen LogP) is 1.06. The maximum atomic E-state index is 11.2. The molecule has 1 aromatic heterocycles. The molecule has 19 heavy (non-hydrogen) atoms. The largest absolute Gasteiger partial charge is 0.490 e. The fourth-order valence-electron chi connectivity index (χ4n) is 2.35. The van der Waals surface area contributed by atoms with Crippen molar-refractivity contribution in [3.8, 4) is 5.75 Å². The highest BCUT2D eigenvalue weighted by atomic mass is 16.5. The molecular formula is C14H14O5. The van der Waals surface area contributed by atoms with Gasteiger partial charge in [-0.15, -0.1) is 0 Å². The first kappa shape index (κ1) is 12.2. The van der Waals surface area contributed by atoms with Crippen molar-refractivity contribution in [2.45, 2.75) is 31.2 Å². The maximum absolute atomic E-state index is 11.2. The summed E-state index contributed by atoms with van der Waals surface area (Å²) in [6.45, 7) is 0. The van der Waals surface area contributed by atoms with Crippen molar-refractivity contribution in [1.82, 2.24) is 0 Å². The normalized spacial score (nSPS) is 26.7. The van der Waals surface area contributed by atoms with Crippen LogP contribution in [0.1, 0.15) is 12.8 Å². The van der Waals surface area contributed by atoms with Gasteiger partial charge in [0.15, 0.2) is 0 Å². The third-order valence-electron chi connectivity index (χ3n) is 3.35. The summed E-state index contributed by atoms with van der Waals surface area (Å²) < 4.78 is 10.8. The Morgan fingerprint density at radius 1 is 1.11 bits per heavy atom. The number of hydrogen-bond donors (Lipinski definition) is 2. The molecule has 0 aliphatic heterocycles. The first-order valence-electron chi connectivity index (χ1n) is 6.18. The van der Waals surface area contributed by atoms with Gasteiger partial charge < -0.3 is 19.4 Å². The van der Waals surface area contributed by atoms with Crippen molar-refractivity contribution in [2.24, 2.45) is 0 Å². The van der Waals surface area contributed by atoms with Gasteiger partial charge in [-0.3, -0.25) is 0 Å². The fourth-order valence-corrected chi connectivity index (χ4v) is 2.35. The smallest absolute Gasteiger partial charge is 0.336 e. The van der Waals surface area contributed by atoms with E-state index in [1.165, 1.54) is 6.07 Å². The van der Waals surface area contributed by atoms with E-state index in [0.29, 0.717) is 24.2 Å². The number of ether oxygens (including phenoxy) is 1. The van der Waals surface area contributed by atoms with Gasteiger partial charge in [0.05, 0.1) is 12.2 Å². The molecule has 3 atom stereocenters. The summed E-state index contributed by atoms with van der Waals surface area (Å²) in [5.74, 6) is 0.563. The Bertz CT molecular complexity index is 638. The third-order valence-corrected chi connectivity index (χ3v) is 3.35. The van der Waals surface area contributed by atoms with E-state index < -0.39 is 17.8 Å². The lowest BCUT2D eigenvalue weighted by Crippen LogP contribution is -2.17. The molecular weight excluding hydrogens is 248 g/mol. The van der Waals surface area contributed by atoms with Crippen LogP contribution in [-0.4, -0.2) is 28.5 Å². The standard InChI is InChI=1S/C14H14O5/c15-11-5-10(6-12(11)16)18-9-3-1-8-2-4-14(17)19-13(8)7-9/h1-4,7,10-12,15-16H,5-6H2/t10?,11-,12+. The summed E-state index contributed by atoms with van der Waals surface area (Å²) in [7, 11) is 0. The van der Waals surface area contributed by atoms with E-state index in [2.05, 4.69) is 0 Å². The summed E-state index contributed by atoms with van der Waals surface area (Å²) in [5.41, 5.74) is 0.0560. The monoisotopic (exact) mass is 262 g/mol. The van der Waals surface area contributed by atoms with Crippen LogP contribution in [0.4, 0.5) is 0 Å². The topological polar surface area (TPSA) is 79.9 Å². The molecule has 0 bridgehead atoms. The summed E-state index contributed by atoms with van der Waals surface area (Å²) >= 11 is 0. The van der Waals surface area contributed by atoms with Gasteiger partial charge in [0.2, 0.25) is 0 Å². The predicted molar refractivity (Wildman–Crippen MR) is 68.1 cm³/mol. The molecule has 5 heteroatoms. The van der Waals surface area contributed by atoms with E-state index in [9.17, 15) is 15.0 Å². The Balaban J connectivity index is 1.83. The molecule has 1 aliphatic carbocycles. The lowest BCUT2D eigenvalue weighted by Gasteiger charge is -2.13. The third kappa shape index (κ3) is 2.47. The highest BCUT2D eigenvalue weighted by molar-refractivity contribution is 5.77. The second-order valence-electron chi connectivity index (χ2n) is 4.80. The highest BCUT2D eigenvalue weighted by Crippen LogP contribution is 2.27. The second-order valence-corrected chi connectivity index (χ2v) is 4.80. The van der Waals surface area contributed by atoms with Gasteiger partial charge in [0.25, 0.3) is 0 Å². The van der Waals surface area contributed by atoms with E-state index in [1.54, 1.807) is 24.3 Å². The minimum atomic E-state index is -0.733. The summed E-state index contributed by atoms with van der Waals surface area (Å²) in [4.78, 5) is 11.2. The molecule has 2 aromatic rings. The van der Waals surface area contributed by atoms with Gasteiger partial charge >= 0.3 is 5.63 Å². The molecule has 0 spiro atoms. The number of benzene rings is 1. The van der Waals surface area contributed by atoms with Crippen LogP contribution in [0.15, 0.2) is 39.5 Å². The number of aliphatic hydroxyl groups excluding tert-OH is 2. The first-order chi connectivity index (χ1) is 9.11. The molecule has 0 amide bonds. The van der Waals surface area contributed by atoms with E-state index in [0.717, 1.165) is 5.39 Å². The fraction of sp³-hybridized carbons (Fsp3) is 0.357. The lowest BCUT2D eigenvalue weighted by molar-refractivity contribution is 0.0438. The van der Waals surface area contributed by atoms with E-state index in [1.807, 2.05) is 0 Å². The van der Waals surface area contributed by atoms with Crippen molar-refractivity contribution in [1.29, 1.82) is 0 Å². The summed E-state index contributed by atoms with van der Waals surface area (Å²) in [6.07, 6.45) is -0.889. The highest BCUT2D eigenvalue weighted by Gasteiger charge is 2.32. The Hall–Kier alpha value is -1.85. The molecule has 1 unspecified atom stereocenters. The summed E-state index contributed by atoms with van der Waals surface area (Å²) in [5, 5.41) is 19.7. The molecule has 2 N–H and O–H groups in total. The van der Waals surface area contributed by atoms with Gasteiger partial charge in [0.1, 0.15) is 17.4 Å². The molecule has 1 saturated carbocycles. The zero-order chi connectivity index (χ0) is 13.4. The number of fused-ring (bicyclic) bond motifs is 1. The van der Waals surface area contributed by atoms with Crippen LogP contribution < -0.4 is 10.4 Å². The van der Waals surface area contributed by atoms with Crippen LogP contribution in [-0.2, 0) is 0 Å². The molecule has 1 aromatic carbocycles. The van der Waals surface area contributed by atoms with Gasteiger partial charge in [-0.25, -0.2) is 4.79 Å². The Morgan fingerprint density at radius 2 is 1.79 bits per heavy atom. The first-order valence-corrected chi connectivity index (χ1v) is 6.18. The van der Waals surface area contributed by atoms with E-state index in [4.69, 9.17) is 9.15 Å². The maximum Gasteiger partial charge on any atom is 0.336 e.